The standard InChI is InChI=1S/C18H20FN3O3/c1-12-9-16(23)21-18(20-12)15-11-22(7-8-25-15)17(24)6-5-13-3-2-4-14(19)10-13/h2-4,9-10,15H,5-8,11H2,1H3,(H,20,21,23). The van der Waals surface area contributed by atoms with Crippen molar-refractivity contribution in [2.45, 2.75) is 25.9 Å². The van der Waals surface area contributed by atoms with Crippen LogP contribution in [0, 0.1) is 12.7 Å². The molecule has 1 saturated heterocycles. The molecule has 1 aromatic heterocycles. The summed E-state index contributed by atoms with van der Waals surface area (Å²) < 4.78 is 18.9. The summed E-state index contributed by atoms with van der Waals surface area (Å²) in [5, 5.41) is 0. The molecule has 6 nitrogen and oxygen atoms in total. The van der Waals surface area contributed by atoms with Gasteiger partial charge in [-0.15, -0.1) is 0 Å². The number of aromatic amines is 1. The zero-order valence-corrected chi connectivity index (χ0v) is 14.0. The van der Waals surface area contributed by atoms with E-state index in [1.54, 1.807) is 24.0 Å². The number of aryl methyl sites for hydroxylation is 2. The van der Waals surface area contributed by atoms with E-state index < -0.39 is 6.10 Å². The Morgan fingerprint density at radius 3 is 3.04 bits per heavy atom. The summed E-state index contributed by atoms with van der Waals surface area (Å²) in [5.41, 5.74) is 1.17. The molecule has 1 aromatic carbocycles. The molecule has 132 valence electrons. The van der Waals surface area contributed by atoms with Crippen LogP contribution in [0.15, 0.2) is 35.1 Å². The SMILES string of the molecule is Cc1cc(=O)[nH]c(C2CN(C(=O)CCc3cccc(F)c3)CCO2)n1. The van der Waals surface area contributed by atoms with Crippen LogP contribution < -0.4 is 5.56 Å². The Bertz CT molecular complexity index is 821. The van der Waals surface area contributed by atoms with Gasteiger partial charge in [0.15, 0.2) is 0 Å². The Morgan fingerprint density at radius 1 is 1.44 bits per heavy atom. The number of ether oxygens (including phenoxy) is 1. The normalized spacial score (nSPS) is 17.5. The monoisotopic (exact) mass is 345 g/mol. The second-order valence-corrected chi connectivity index (χ2v) is 6.10. The lowest BCUT2D eigenvalue weighted by molar-refractivity contribution is -0.139. The lowest BCUT2D eigenvalue weighted by Gasteiger charge is -2.32. The maximum Gasteiger partial charge on any atom is 0.251 e. The summed E-state index contributed by atoms with van der Waals surface area (Å²) in [5.74, 6) is 0.117. The Kier molecular flexibility index (Phi) is 5.23. The molecule has 7 heteroatoms. The molecular formula is C18H20FN3O3. The fourth-order valence-electron chi connectivity index (χ4n) is 2.90. The number of morpholine rings is 1. The zero-order valence-electron chi connectivity index (χ0n) is 14.0. The van der Waals surface area contributed by atoms with Crippen molar-refractivity contribution >= 4 is 5.91 Å². The summed E-state index contributed by atoms with van der Waals surface area (Å²) in [6.45, 7) is 2.96. The van der Waals surface area contributed by atoms with Gasteiger partial charge in [-0.3, -0.25) is 9.59 Å². The number of amides is 1. The van der Waals surface area contributed by atoms with Gasteiger partial charge in [0.1, 0.15) is 17.7 Å². The van der Waals surface area contributed by atoms with Crippen molar-refractivity contribution in [3.8, 4) is 0 Å². The first kappa shape index (κ1) is 17.3. The van der Waals surface area contributed by atoms with Crippen molar-refractivity contribution in [2.75, 3.05) is 19.7 Å². The first-order valence-electron chi connectivity index (χ1n) is 8.23. The number of H-pyrrole nitrogens is 1. The second kappa shape index (κ2) is 7.57. The fraction of sp³-hybridized carbons (Fsp3) is 0.389. The van der Waals surface area contributed by atoms with Crippen molar-refractivity contribution in [3.63, 3.8) is 0 Å². The van der Waals surface area contributed by atoms with Crippen molar-refractivity contribution < 1.29 is 13.9 Å². The minimum Gasteiger partial charge on any atom is -0.367 e. The molecule has 2 aromatic rings. The summed E-state index contributed by atoms with van der Waals surface area (Å²) in [7, 11) is 0. The third kappa shape index (κ3) is 4.51. The molecule has 1 aliphatic rings. The van der Waals surface area contributed by atoms with E-state index in [9.17, 15) is 14.0 Å². The third-order valence-corrected chi connectivity index (χ3v) is 4.13. The van der Waals surface area contributed by atoms with E-state index >= 15 is 0 Å². The van der Waals surface area contributed by atoms with Crippen molar-refractivity contribution in [3.05, 3.63) is 63.6 Å². The van der Waals surface area contributed by atoms with E-state index in [0.29, 0.717) is 44.1 Å². The van der Waals surface area contributed by atoms with E-state index in [0.717, 1.165) is 5.56 Å². The minimum absolute atomic E-state index is 0.0208. The first-order chi connectivity index (χ1) is 12.0. The Morgan fingerprint density at radius 2 is 2.28 bits per heavy atom. The van der Waals surface area contributed by atoms with Crippen LogP contribution in [0.25, 0.3) is 0 Å². The van der Waals surface area contributed by atoms with Gasteiger partial charge in [0.25, 0.3) is 5.56 Å². The average molecular weight is 345 g/mol. The Balaban J connectivity index is 1.62. The molecule has 3 rings (SSSR count). The van der Waals surface area contributed by atoms with Crippen LogP contribution >= 0.6 is 0 Å². The van der Waals surface area contributed by atoms with Crippen molar-refractivity contribution in [1.29, 1.82) is 0 Å². The summed E-state index contributed by atoms with van der Waals surface area (Å²) in [4.78, 5) is 32.7. The van der Waals surface area contributed by atoms with Crippen molar-refractivity contribution in [2.24, 2.45) is 0 Å². The van der Waals surface area contributed by atoms with E-state index in [1.807, 2.05) is 0 Å². The van der Waals surface area contributed by atoms with Gasteiger partial charge in [0.05, 0.1) is 13.2 Å². The maximum absolute atomic E-state index is 13.2. The van der Waals surface area contributed by atoms with Crippen LogP contribution in [0.2, 0.25) is 0 Å². The molecule has 0 aliphatic carbocycles. The number of hydrogen-bond acceptors (Lipinski definition) is 4. The predicted molar refractivity (Wildman–Crippen MR) is 89.6 cm³/mol. The van der Waals surface area contributed by atoms with Crippen LogP contribution in [-0.2, 0) is 16.0 Å². The number of carbonyl (C=O) groups excluding carboxylic acids is 1. The van der Waals surface area contributed by atoms with Gasteiger partial charge in [0, 0.05) is 24.7 Å². The van der Waals surface area contributed by atoms with Crippen LogP contribution in [0.1, 0.15) is 29.6 Å². The van der Waals surface area contributed by atoms with Crippen LogP contribution in [0.5, 0.6) is 0 Å². The van der Waals surface area contributed by atoms with Gasteiger partial charge in [-0.25, -0.2) is 9.37 Å². The highest BCUT2D eigenvalue weighted by Gasteiger charge is 2.26. The number of halogens is 1. The number of rotatable bonds is 4. The number of nitrogens with one attached hydrogen (secondary N) is 1. The van der Waals surface area contributed by atoms with Gasteiger partial charge in [-0.05, 0) is 31.0 Å². The molecule has 0 saturated carbocycles. The van der Waals surface area contributed by atoms with E-state index in [1.165, 1.54) is 18.2 Å². The number of benzene rings is 1. The minimum atomic E-state index is -0.445. The second-order valence-electron chi connectivity index (χ2n) is 6.10. The first-order valence-corrected chi connectivity index (χ1v) is 8.23. The third-order valence-electron chi connectivity index (χ3n) is 4.13. The van der Waals surface area contributed by atoms with E-state index in [4.69, 9.17) is 4.74 Å². The Hall–Kier alpha value is -2.54. The molecular weight excluding hydrogens is 325 g/mol. The number of aromatic nitrogens is 2. The highest BCUT2D eigenvalue weighted by molar-refractivity contribution is 5.76. The number of carbonyl (C=O) groups is 1. The predicted octanol–water partition coefficient (Wildman–Crippen LogP) is 1.75. The molecule has 2 heterocycles. The smallest absolute Gasteiger partial charge is 0.251 e. The largest absolute Gasteiger partial charge is 0.367 e. The summed E-state index contributed by atoms with van der Waals surface area (Å²) >= 11 is 0. The zero-order chi connectivity index (χ0) is 17.8. The lowest BCUT2D eigenvalue weighted by atomic mass is 10.1. The van der Waals surface area contributed by atoms with Crippen molar-refractivity contribution in [1.82, 2.24) is 14.9 Å². The van der Waals surface area contributed by atoms with Gasteiger partial charge < -0.3 is 14.6 Å². The number of nitrogens with zero attached hydrogens (tertiary/aromatic N) is 2. The fourth-order valence-corrected chi connectivity index (χ4v) is 2.90. The highest BCUT2D eigenvalue weighted by Crippen LogP contribution is 2.19. The van der Waals surface area contributed by atoms with E-state index in [-0.39, 0.29) is 17.3 Å². The average Bonchev–Trinajstić information content (AvgIpc) is 2.59. The van der Waals surface area contributed by atoms with E-state index in [2.05, 4.69) is 9.97 Å². The molecule has 1 unspecified atom stereocenters. The quantitative estimate of drug-likeness (QED) is 0.916. The van der Waals surface area contributed by atoms with Crippen LogP contribution in [0.3, 0.4) is 0 Å². The summed E-state index contributed by atoms with van der Waals surface area (Å²) in [6.07, 6.45) is 0.339. The lowest BCUT2D eigenvalue weighted by Crippen LogP contribution is -2.43. The molecule has 1 fully saturated rings. The molecule has 0 spiro atoms. The van der Waals surface area contributed by atoms with Gasteiger partial charge in [-0.2, -0.15) is 0 Å². The molecule has 1 atom stereocenters. The molecule has 1 aliphatic heterocycles. The maximum atomic E-state index is 13.2. The van der Waals surface area contributed by atoms with Gasteiger partial charge in [0.2, 0.25) is 5.91 Å². The van der Waals surface area contributed by atoms with Crippen LogP contribution in [0.4, 0.5) is 4.39 Å². The highest BCUT2D eigenvalue weighted by atomic mass is 19.1. The Labute approximate surface area is 144 Å². The number of hydrogen-bond donors (Lipinski definition) is 1. The molecule has 1 N–H and O–H groups in total. The topological polar surface area (TPSA) is 75.3 Å². The van der Waals surface area contributed by atoms with Gasteiger partial charge in [-0.1, -0.05) is 12.1 Å². The molecule has 25 heavy (non-hydrogen) atoms. The molecule has 1 amide bonds. The summed E-state index contributed by atoms with van der Waals surface area (Å²) in [6, 6.07) is 7.68. The molecule has 0 radical (unpaired) electrons. The molecule has 0 bridgehead atoms. The van der Waals surface area contributed by atoms with Crippen LogP contribution in [-0.4, -0.2) is 40.5 Å². The van der Waals surface area contributed by atoms with Gasteiger partial charge >= 0.3 is 0 Å².